The SMILES string of the molecule is C=CCNS(=O)(=O)c1cccc(C(=O)NCc2ccc(CC)s2)c1. The molecule has 0 fully saturated rings. The molecule has 0 radical (unpaired) electrons. The van der Waals surface area contributed by atoms with Crippen LogP contribution in [0.3, 0.4) is 0 Å². The fourth-order valence-corrected chi connectivity index (χ4v) is 3.97. The zero-order chi connectivity index (χ0) is 17.6. The summed E-state index contributed by atoms with van der Waals surface area (Å²) in [4.78, 5) is 14.6. The number of thiophene rings is 1. The Morgan fingerprint density at radius 1 is 1.25 bits per heavy atom. The maximum absolute atomic E-state index is 12.2. The third kappa shape index (κ3) is 4.77. The molecule has 0 bridgehead atoms. The van der Waals surface area contributed by atoms with E-state index in [0.717, 1.165) is 11.3 Å². The molecule has 0 aliphatic carbocycles. The molecule has 1 aromatic carbocycles. The molecule has 0 aliphatic heterocycles. The standard InChI is InChI=1S/C17H20N2O3S2/c1-3-10-19-24(21,22)16-7-5-6-13(11-16)17(20)18-12-15-9-8-14(4-2)23-15/h3,5-9,11,19H,1,4,10,12H2,2H3,(H,18,20). The number of hydrogen-bond acceptors (Lipinski definition) is 4. The van der Waals surface area contributed by atoms with Gasteiger partial charge in [-0.15, -0.1) is 17.9 Å². The highest BCUT2D eigenvalue weighted by molar-refractivity contribution is 7.89. The summed E-state index contributed by atoms with van der Waals surface area (Å²) in [6.07, 6.45) is 2.43. The van der Waals surface area contributed by atoms with Crippen molar-refractivity contribution in [3.05, 3.63) is 64.4 Å². The van der Waals surface area contributed by atoms with Gasteiger partial charge in [0.2, 0.25) is 10.0 Å². The minimum atomic E-state index is -3.64. The van der Waals surface area contributed by atoms with Crippen molar-refractivity contribution in [1.82, 2.24) is 10.0 Å². The second-order valence-electron chi connectivity index (χ2n) is 5.07. The lowest BCUT2D eigenvalue weighted by atomic mass is 10.2. The number of aryl methyl sites for hydroxylation is 1. The molecule has 0 unspecified atom stereocenters. The van der Waals surface area contributed by atoms with Crippen LogP contribution in [0.5, 0.6) is 0 Å². The Balaban J connectivity index is 2.07. The molecule has 2 N–H and O–H groups in total. The predicted molar refractivity (Wildman–Crippen MR) is 96.7 cm³/mol. The first-order chi connectivity index (χ1) is 11.5. The zero-order valence-electron chi connectivity index (χ0n) is 13.4. The van der Waals surface area contributed by atoms with E-state index < -0.39 is 10.0 Å². The molecule has 2 aromatic rings. The van der Waals surface area contributed by atoms with Gasteiger partial charge in [-0.2, -0.15) is 0 Å². The summed E-state index contributed by atoms with van der Waals surface area (Å²) in [7, 11) is -3.64. The molecule has 1 amide bonds. The Labute approximate surface area is 146 Å². The molecule has 0 atom stereocenters. The van der Waals surface area contributed by atoms with Crippen LogP contribution in [0.4, 0.5) is 0 Å². The smallest absolute Gasteiger partial charge is 0.251 e. The average Bonchev–Trinajstić information content (AvgIpc) is 3.06. The van der Waals surface area contributed by atoms with Crippen LogP contribution in [0.15, 0.2) is 53.9 Å². The molecular formula is C17H20N2O3S2. The van der Waals surface area contributed by atoms with Crippen molar-refractivity contribution < 1.29 is 13.2 Å². The van der Waals surface area contributed by atoms with Crippen LogP contribution in [0.2, 0.25) is 0 Å². The highest BCUT2D eigenvalue weighted by Crippen LogP contribution is 2.17. The Bertz CT molecular complexity index is 826. The first kappa shape index (κ1) is 18.4. The van der Waals surface area contributed by atoms with Gasteiger partial charge < -0.3 is 5.32 Å². The van der Waals surface area contributed by atoms with Gasteiger partial charge in [0.1, 0.15) is 0 Å². The van der Waals surface area contributed by atoms with E-state index in [9.17, 15) is 13.2 Å². The summed E-state index contributed by atoms with van der Waals surface area (Å²) >= 11 is 1.66. The molecule has 0 saturated heterocycles. The van der Waals surface area contributed by atoms with Crippen LogP contribution in [-0.2, 0) is 23.0 Å². The molecule has 128 valence electrons. The maximum Gasteiger partial charge on any atom is 0.251 e. The summed E-state index contributed by atoms with van der Waals surface area (Å²) < 4.78 is 26.6. The highest BCUT2D eigenvalue weighted by Gasteiger charge is 2.15. The molecule has 7 heteroatoms. The van der Waals surface area contributed by atoms with E-state index in [0.29, 0.717) is 12.1 Å². The summed E-state index contributed by atoms with van der Waals surface area (Å²) in [6, 6.07) is 10.0. The number of carbonyl (C=O) groups excluding carboxylic acids is 1. The summed E-state index contributed by atoms with van der Waals surface area (Å²) in [5.41, 5.74) is 0.309. The topological polar surface area (TPSA) is 75.3 Å². The Morgan fingerprint density at radius 2 is 2.00 bits per heavy atom. The molecular weight excluding hydrogens is 344 g/mol. The van der Waals surface area contributed by atoms with Gasteiger partial charge in [0.05, 0.1) is 11.4 Å². The third-order valence-corrected chi connectivity index (χ3v) is 5.96. The molecule has 24 heavy (non-hydrogen) atoms. The van der Waals surface area contributed by atoms with E-state index in [4.69, 9.17) is 0 Å². The molecule has 1 heterocycles. The fraction of sp³-hybridized carbons (Fsp3) is 0.235. The minimum absolute atomic E-state index is 0.0568. The highest BCUT2D eigenvalue weighted by atomic mass is 32.2. The summed E-state index contributed by atoms with van der Waals surface area (Å²) in [5.74, 6) is -0.304. The van der Waals surface area contributed by atoms with Crippen molar-refractivity contribution in [3.63, 3.8) is 0 Å². The van der Waals surface area contributed by atoms with Gasteiger partial charge in [-0.05, 0) is 36.8 Å². The van der Waals surface area contributed by atoms with Gasteiger partial charge in [-0.3, -0.25) is 4.79 Å². The fourth-order valence-electron chi connectivity index (χ4n) is 2.03. The third-order valence-electron chi connectivity index (χ3n) is 3.31. The maximum atomic E-state index is 12.2. The quantitative estimate of drug-likeness (QED) is 0.707. The van der Waals surface area contributed by atoms with Gasteiger partial charge in [-0.25, -0.2) is 13.1 Å². The lowest BCUT2D eigenvalue weighted by Crippen LogP contribution is -2.25. The average molecular weight is 364 g/mol. The Morgan fingerprint density at radius 3 is 2.67 bits per heavy atom. The first-order valence-corrected chi connectivity index (χ1v) is 9.82. The molecule has 5 nitrogen and oxygen atoms in total. The van der Waals surface area contributed by atoms with Gasteiger partial charge >= 0.3 is 0 Å². The largest absolute Gasteiger partial charge is 0.347 e. The second kappa shape index (κ2) is 8.23. The Kier molecular flexibility index (Phi) is 6.30. The van der Waals surface area contributed by atoms with Gasteiger partial charge in [0.25, 0.3) is 5.91 Å². The number of carbonyl (C=O) groups is 1. The van der Waals surface area contributed by atoms with Crippen LogP contribution >= 0.6 is 11.3 Å². The van der Waals surface area contributed by atoms with Crippen molar-refractivity contribution in [2.75, 3.05) is 6.54 Å². The van der Waals surface area contributed by atoms with Crippen LogP contribution in [-0.4, -0.2) is 20.9 Å². The molecule has 1 aromatic heterocycles. The summed E-state index contributed by atoms with van der Waals surface area (Å²) in [5, 5.41) is 2.81. The van der Waals surface area contributed by atoms with E-state index >= 15 is 0 Å². The molecule has 0 spiro atoms. The molecule has 0 saturated carbocycles. The van der Waals surface area contributed by atoms with Crippen molar-refractivity contribution >= 4 is 27.3 Å². The van der Waals surface area contributed by atoms with Gasteiger partial charge in [0, 0.05) is 21.9 Å². The number of hydrogen-bond donors (Lipinski definition) is 2. The number of sulfonamides is 1. The second-order valence-corrected chi connectivity index (χ2v) is 8.09. The van der Waals surface area contributed by atoms with Gasteiger partial charge in [-0.1, -0.05) is 19.1 Å². The van der Waals surface area contributed by atoms with Crippen LogP contribution < -0.4 is 10.0 Å². The summed E-state index contributed by atoms with van der Waals surface area (Å²) in [6.45, 7) is 6.12. The number of amides is 1. The molecule has 2 rings (SSSR count). The van der Waals surface area contributed by atoms with E-state index in [2.05, 4.69) is 23.5 Å². The Hall–Kier alpha value is -1.96. The predicted octanol–water partition coefficient (Wildman–Crippen LogP) is 2.70. The van der Waals surface area contributed by atoms with Crippen molar-refractivity contribution in [3.8, 4) is 0 Å². The van der Waals surface area contributed by atoms with E-state index in [1.54, 1.807) is 23.5 Å². The van der Waals surface area contributed by atoms with Crippen molar-refractivity contribution in [2.45, 2.75) is 24.8 Å². The van der Waals surface area contributed by atoms with Crippen molar-refractivity contribution in [1.29, 1.82) is 0 Å². The zero-order valence-corrected chi connectivity index (χ0v) is 15.0. The number of benzene rings is 1. The lowest BCUT2D eigenvalue weighted by molar-refractivity contribution is 0.0951. The van der Waals surface area contributed by atoms with Crippen LogP contribution in [0.1, 0.15) is 27.0 Å². The van der Waals surface area contributed by atoms with Crippen LogP contribution in [0.25, 0.3) is 0 Å². The number of rotatable bonds is 8. The van der Waals surface area contributed by atoms with Crippen molar-refractivity contribution in [2.24, 2.45) is 0 Å². The first-order valence-electron chi connectivity index (χ1n) is 7.52. The minimum Gasteiger partial charge on any atom is -0.347 e. The van der Waals surface area contributed by atoms with Gasteiger partial charge in [0.15, 0.2) is 0 Å². The molecule has 0 aliphatic rings. The lowest BCUT2D eigenvalue weighted by Gasteiger charge is -2.07. The van der Waals surface area contributed by atoms with E-state index in [1.807, 2.05) is 12.1 Å². The normalized spacial score (nSPS) is 11.2. The van der Waals surface area contributed by atoms with E-state index in [1.165, 1.54) is 23.1 Å². The van der Waals surface area contributed by atoms with Crippen LogP contribution in [0, 0.1) is 0 Å². The monoisotopic (exact) mass is 364 g/mol. The van der Waals surface area contributed by atoms with E-state index in [-0.39, 0.29) is 17.3 Å². The number of nitrogens with one attached hydrogen (secondary N) is 2.